The minimum Gasteiger partial charge on any atom is -0.326 e. The van der Waals surface area contributed by atoms with Crippen molar-refractivity contribution < 1.29 is 4.79 Å². The molecule has 2 unspecified atom stereocenters. The molecule has 104 valence electrons. The molecule has 0 aliphatic carbocycles. The molecule has 0 radical (unpaired) electrons. The Labute approximate surface area is 115 Å². The molecule has 2 atom stereocenters. The standard InChI is InChI=1S/C15H23N3O/c1-3-18(13-7-5-4-6-8-13)15(19)11-17-9-12(2)14(16)10-17/h4-8,12,14H,3,9-11,16H2,1-2H3. The molecule has 1 heterocycles. The molecule has 2 rings (SSSR count). The maximum absolute atomic E-state index is 12.4. The predicted molar refractivity (Wildman–Crippen MR) is 78.0 cm³/mol. The fraction of sp³-hybridized carbons (Fsp3) is 0.533. The summed E-state index contributed by atoms with van der Waals surface area (Å²) in [6.07, 6.45) is 0. The molecule has 19 heavy (non-hydrogen) atoms. The van der Waals surface area contributed by atoms with Crippen LogP contribution in [0.1, 0.15) is 13.8 Å². The van der Waals surface area contributed by atoms with Gasteiger partial charge in [0.2, 0.25) is 5.91 Å². The van der Waals surface area contributed by atoms with Gasteiger partial charge in [0.25, 0.3) is 0 Å². The maximum atomic E-state index is 12.4. The molecule has 1 aromatic carbocycles. The third kappa shape index (κ3) is 3.33. The molecule has 1 saturated heterocycles. The highest BCUT2D eigenvalue weighted by Crippen LogP contribution is 2.17. The summed E-state index contributed by atoms with van der Waals surface area (Å²) in [6.45, 7) is 7.03. The minimum atomic E-state index is 0.148. The summed E-state index contributed by atoms with van der Waals surface area (Å²) >= 11 is 0. The smallest absolute Gasteiger partial charge is 0.241 e. The highest BCUT2D eigenvalue weighted by molar-refractivity contribution is 5.94. The number of amides is 1. The Morgan fingerprint density at radius 1 is 1.37 bits per heavy atom. The van der Waals surface area contributed by atoms with E-state index in [9.17, 15) is 4.79 Å². The first-order valence-electron chi connectivity index (χ1n) is 6.95. The van der Waals surface area contributed by atoms with E-state index in [2.05, 4.69) is 11.8 Å². The number of hydrogen-bond acceptors (Lipinski definition) is 3. The van der Waals surface area contributed by atoms with Crippen molar-refractivity contribution in [1.82, 2.24) is 4.90 Å². The third-order valence-corrected chi connectivity index (χ3v) is 3.79. The number of anilines is 1. The molecule has 4 nitrogen and oxygen atoms in total. The number of carbonyl (C=O) groups is 1. The Morgan fingerprint density at radius 2 is 2.05 bits per heavy atom. The van der Waals surface area contributed by atoms with Gasteiger partial charge in [-0.1, -0.05) is 25.1 Å². The number of likely N-dealkylation sites (N-methyl/N-ethyl adjacent to an activating group) is 1. The van der Waals surface area contributed by atoms with E-state index in [1.54, 1.807) is 0 Å². The molecule has 1 amide bonds. The average Bonchev–Trinajstić information content (AvgIpc) is 2.70. The van der Waals surface area contributed by atoms with Gasteiger partial charge < -0.3 is 10.6 Å². The lowest BCUT2D eigenvalue weighted by molar-refractivity contribution is -0.119. The Balaban J connectivity index is 1.98. The van der Waals surface area contributed by atoms with Crippen LogP contribution >= 0.6 is 0 Å². The lowest BCUT2D eigenvalue weighted by Crippen LogP contribution is -2.40. The SMILES string of the molecule is CCN(C(=O)CN1CC(C)C(N)C1)c1ccccc1. The Kier molecular flexibility index (Phi) is 4.56. The van der Waals surface area contributed by atoms with Gasteiger partial charge in [-0.2, -0.15) is 0 Å². The maximum Gasteiger partial charge on any atom is 0.241 e. The fourth-order valence-electron chi connectivity index (χ4n) is 2.61. The van der Waals surface area contributed by atoms with Gasteiger partial charge in [-0.25, -0.2) is 0 Å². The van der Waals surface area contributed by atoms with Crippen molar-refractivity contribution in [2.75, 3.05) is 31.1 Å². The average molecular weight is 261 g/mol. The van der Waals surface area contributed by atoms with Crippen molar-refractivity contribution in [1.29, 1.82) is 0 Å². The van der Waals surface area contributed by atoms with Gasteiger partial charge in [0, 0.05) is 31.4 Å². The molecule has 0 aromatic heterocycles. The van der Waals surface area contributed by atoms with E-state index in [0.29, 0.717) is 19.0 Å². The summed E-state index contributed by atoms with van der Waals surface area (Å²) in [7, 11) is 0. The van der Waals surface area contributed by atoms with Crippen molar-refractivity contribution in [3.8, 4) is 0 Å². The third-order valence-electron chi connectivity index (χ3n) is 3.79. The van der Waals surface area contributed by atoms with Crippen LogP contribution in [0.4, 0.5) is 5.69 Å². The summed E-state index contributed by atoms with van der Waals surface area (Å²) in [4.78, 5) is 16.4. The second-order valence-corrected chi connectivity index (χ2v) is 5.31. The van der Waals surface area contributed by atoms with Crippen LogP contribution in [0.3, 0.4) is 0 Å². The molecule has 0 saturated carbocycles. The zero-order valence-corrected chi connectivity index (χ0v) is 11.7. The van der Waals surface area contributed by atoms with Crippen molar-refractivity contribution in [2.45, 2.75) is 19.9 Å². The molecular weight excluding hydrogens is 238 g/mol. The van der Waals surface area contributed by atoms with Crippen molar-refractivity contribution in [3.63, 3.8) is 0 Å². The quantitative estimate of drug-likeness (QED) is 0.889. The molecule has 1 aliphatic heterocycles. The number of carbonyl (C=O) groups excluding carboxylic acids is 1. The zero-order valence-electron chi connectivity index (χ0n) is 11.7. The zero-order chi connectivity index (χ0) is 13.8. The lowest BCUT2D eigenvalue weighted by Gasteiger charge is -2.24. The molecule has 4 heteroatoms. The molecule has 2 N–H and O–H groups in total. The first-order chi connectivity index (χ1) is 9.11. The van der Waals surface area contributed by atoms with E-state index in [1.807, 2.05) is 42.2 Å². The van der Waals surface area contributed by atoms with Gasteiger partial charge in [0.15, 0.2) is 0 Å². The molecule has 1 aliphatic rings. The predicted octanol–water partition coefficient (Wildman–Crippen LogP) is 1.32. The Bertz CT molecular complexity index is 411. The second-order valence-electron chi connectivity index (χ2n) is 5.31. The van der Waals surface area contributed by atoms with E-state index in [4.69, 9.17) is 5.73 Å². The number of rotatable bonds is 4. The summed E-state index contributed by atoms with van der Waals surface area (Å²) in [5.74, 6) is 0.620. The van der Waals surface area contributed by atoms with Crippen LogP contribution in [-0.4, -0.2) is 43.0 Å². The van der Waals surface area contributed by atoms with Crippen molar-refractivity contribution in [2.24, 2.45) is 11.7 Å². The molecule has 0 spiro atoms. The van der Waals surface area contributed by atoms with Crippen LogP contribution in [0, 0.1) is 5.92 Å². The normalized spacial score (nSPS) is 23.5. The summed E-state index contributed by atoms with van der Waals surface area (Å²) in [6, 6.07) is 10.0. The van der Waals surface area contributed by atoms with Crippen LogP contribution in [-0.2, 0) is 4.79 Å². The first-order valence-corrected chi connectivity index (χ1v) is 6.95. The minimum absolute atomic E-state index is 0.148. The topological polar surface area (TPSA) is 49.6 Å². The largest absolute Gasteiger partial charge is 0.326 e. The van der Waals surface area contributed by atoms with Gasteiger partial charge >= 0.3 is 0 Å². The first kappa shape index (κ1) is 14.0. The van der Waals surface area contributed by atoms with E-state index < -0.39 is 0 Å². The Morgan fingerprint density at radius 3 is 2.58 bits per heavy atom. The van der Waals surface area contributed by atoms with Crippen LogP contribution in [0.2, 0.25) is 0 Å². The number of nitrogens with two attached hydrogens (primary N) is 1. The number of nitrogens with zero attached hydrogens (tertiary/aromatic N) is 2. The highest BCUT2D eigenvalue weighted by Gasteiger charge is 2.28. The number of hydrogen-bond donors (Lipinski definition) is 1. The van der Waals surface area contributed by atoms with E-state index in [0.717, 1.165) is 18.8 Å². The van der Waals surface area contributed by atoms with Gasteiger partial charge in [0.05, 0.1) is 6.54 Å². The lowest BCUT2D eigenvalue weighted by atomic mass is 10.1. The van der Waals surface area contributed by atoms with Gasteiger partial charge in [-0.15, -0.1) is 0 Å². The molecule has 1 aromatic rings. The van der Waals surface area contributed by atoms with E-state index >= 15 is 0 Å². The highest BCUT2D eigenvalue weighted by atomic mass is 16.2. The van der Waals surface area contributed by atoms with E-state index in [-0.39, 0.29) is 11.9 Å². The fourth-order valence-corrected chi connectivity index (χ4v) is 2.61. The van der Waals surface area contributed by atoms with Crippen LogP contribution < -0.4 is 10.6 Å². The second kappa shape index (κ2) is 6.17. The summed E-state index contributed by atoms with van der Waals surface area (Å²) < 4.78 is 0. The Hall–Kier alpha value is -1.39. The van der Waals surface area contributed by atoms with Gasteiger partial charge in [0.1, 0.15) is 0 Å². The summed E-state index contributed by atoms with van der Waals surface area (Å²) in [5, 5.41) is 0. The van der Waals surface area contributed by atoms with Gasteiger partial charge in [-0.05, 0) is 25.0 Å². The van der Waals surface area contributed by atoms with Crippen molar-refractivity contribution >= 4 is 11.6 Å². The molecule has 1 fully saturated rings. The van der Waals surface area contributed by atoms with Gasteiger partial charge in [-0.3, -0.25) is 9.69 Å². The number of benzene rings is 1. The molecule has 0 bridgehead atoms. The van der Waals surface area contributed by atoms with Crippen LogP contribution in [0.15, 0.2) is 30.3 Å². The van der Waals surface area contributed by atoms with E-state index in [1.165, 1.54) is 0 Å². The summed E-state index contributed by atoms with van der Waals surface area (Å²) in [5.41, 5.74) is 6.96. The van der Waals surface area contributed by atoms with Crippen LogP contribution in [0.25, 0.3) is 0 Å². The number of likely N-dealkylation sites (tertiary alicyclic amines) is 1. The number of para-hydroxylation sites is 1. The van der Waals surface area contributed by atoms with Crippen LogP contribution in [0.5, 0.6) is 0 Å². The molecular formula is C15H23N3O. The monoisotopic (exact) mass is 261 g/mol. The van der Waals surface area contributed by atoms with Crippen molar-refractivity contribution in [3.05, 3.63) is 30.3 Å².